The second-order valence-electron chi connectivity index (χ2n) is 9.83. The van der Waals surface area contributed by atoms with Gasteiger partial charge >= 0.3 is 0 Å². The molecule has 0 spiro atoms. The summed E-state index contributed by atoms with van der Waals surface area (Å²) in [6.45, 7) is 0. The Morgan fingerprint density at radius 1 is 0.923 bits per heavy atom. The maximum Gasteiger partial charge on any atom is 0.259 e. The second kappa shape index (κ2) is 10.9. The molecule has 6 nitrogen and oxygen atoms in total. The maximum atomic E-state index is 14.7. The van der Waals surface area contributed by atoms with Crippen molar-refractivity contribution in [1.29, 1.82) is 0 Å². The highest BCUT2D eigenvalue weighted by Crippen LogP contribution is 2.51. The average Bonchev–Trinajstić information content (AvgIpc) is 2.94. The molecule has 0 radical (unpaired) electrons. The topological polar surface area (TPSA) is 67.9 Å². The first kappa shape index (κ1) is 26.4. The fourth-order valence-corrected chi connectivity index (χ4v) is 5.59. The molecule has 1 saturated carbocycles. The fourth-order valence-electron chi connectivity index (χ4n) is 5.59. The predicted octanol–water partition coefficient (Wildman–Crippen LogP) is 5.76. The molecule has 0 bridgehead atoms. The van der Waals surface area contributed by atoms with Crippen molar-refractivity contribution in [2.45, 2.75) is 43.7 Å². The molecule has 2 amide bonds. The minimum Gasteiger partial charge on any atom is -0.493 e. The van der Waals surface area contributed by atoms with Crippen molar-refractivity contribution >= 4 is 23.6 Å². The fraction of sp³-hybridized carbons (Fsp3) is 0.290. The number of benzene rings is 3. The molecule has 39 heavy (non-hydrogen) atoms. The van der Waals surface area contributed by atoms with Crippen LogP contribution in [0.3, 0.4) is 0 Å². The highest BCUT2D eigenvalue weighted by molar-refractivity contribution is 6.28. The van der Waals surface area contributed by atoms with Crippen molar-refractivity contribution in [3.8, 4) is 11.5 Å². The quantitative estimate of drug-likeness (QED) is 0.311. The number of carbonyl (C=O) groups excluding carboxylic acids is 2. The normalized spacial score (nSPS) is 20.5. The lowest BCUT2D eigenvalue weighted by Crippen LogP contribution is -2.71. The SMILES string of the molecule is COc1ccc(N2C(=O)/C(=C\c3ccccc3)C2(C(=O)NC2CCCCC2)c2cc(F)cc(F)c2)cc1OC. The van der Waals surface area contributed by atoms with E-state index in [1.54, 1.807) is 36.4 Å². The zero-order valence-corrected chi connectivity index (χ0v) is 21.9. The summed E-state index contributed by atoms with van der Waals surface area (Å²) in [6.07, 6.45) is 6.22. The summed E-state index contributed by atoms with van der Waals surface area (Å²) in [5.41, 5.74) is -0.690. The molecule has 2 fully saturated rings. The molecule has 1 aliphatic heterocycles. The van der Waals surface area contributed by atoms with Gasteiger partial charge in [0.2, 0.25) is 0 Å². The Balaban J connectivity index is 1.74. The van der Waals surface area contributed by atoms with Crippen molar-refractivity contribution < 1.29 is 27.8 Å². The number of anilines is 1. The molecule has 1 atom stereocenters. The van der Waals surface area contributed by atoms with Gasteiger partial charge in [0.1, 0.15) is 11.6 Å². The lowest BCUT2D eigenvalue weighted by Gasteiger charge is -2.53. The summed E-state index contributed by atoms with van der Waals surface area (Å²) in [5, 5.41) is 3.11. The minimum absolute atomic E-state index is 0.0184. The summed E-state index contributed by atoms with van der Waals surface area (Å²) in [4.78, 5) is 29.6. The lowest BCUT2D eigenvalue weighted by atomic mass is 9.70. The van der Waals surface area contributed by atoms with E-state index in [1.807, 2.05) is 18.2 Å². The maximum absolute atomic E-state index is 14.7. The van der Waals surface area contributed by atoms with Crippen molar-refractivity contribution in [1.82, 2.24) is 5.32 Å². The molecular formula is C31H30F2N2O4. The minimum atomic E-state index is -1.83. The van der Waals surface area contributed by atoms with Gasteiger partial charge in [-0.3, -0.25) is 14.5 Å². The van der Waals surface area contributed by atoms with Crippen LogP contribution in [0, 0.1) is 11.6 Å². The van der Waals surface area contributed by atoms with Crippen LogP contribution < -0.4 is 19.7 Å². The van der Waals surface area contributed by atoms with Gasteiger partial charge in [0.25, 0.3) is 11.8 Å². The first-order valence-corrected chi connectivity index (χ1v) is 13.0. The molecule has 2 aliphatic rings. The Morgan fingerprint density at radius 2 is 1.59 bits per heavy atom. The van der Waals surface area contributed by atoms with Crippen LogP contribution in [0.1, 0.15) is 43.2 Å². The molecule has 5 rings (SSSR count). The van der Waals surface area contributed by atoms with Gasteiger partial charge in [-0.15, -0.1) is 0 Å². The highest BCUT2D eigenvalue weighted by Gasteiger charge is 2.63. The predicted molar refractivity (Wildman–Crippen MR) is 145 cm³/mol. The van der Waals surface area contributed by atoms with E-state index in [0.717, 1.165) is 50.3 Å². The molecule has 202 valence electrons. The Hall–Kier alpha value is -4.20. The number of halogens is 2. The third kappa shape index (κ3) is 4.75. The zero-order chi connectivity index (χ0) is 27.6. The molecule has 1 saturated heterocycles. The number of hydrogen-bond donors (Lipinski definition) is 1. The standard InChI is InChI=1S/C31H30F2N2O4/c1-38-27-14-13-25(19-28(27)39-2)35-29(36)26(15-20-9-5-3-6-10-20)31(35,21-16-22(32)18-23(33)17-21)30(37)34-24-11-7-4-8-12-24/h3,5-6,9-10,13-19,24H,4,7-8,11-12H2,1-2H3,(H,34,37)/b26-15+. The van der Waals surface area contributed by atoms with Crippen LogP contribution in [0.15, 0.2) is 72.3 Å². The molecule has 3 aromatic carbocycles. The third-order valence-corrected chi connectivity index (χ3v) is 7.44. The molecule has 1 heterocycles. The summed E-state index contributed by atoms with van der Waals surface area (Å²) in [6, 6.07) is 16.8. The number of ether oxygens (including phenoxy) is 2. The van der Waals surface area contributed by atoms with Gasteiger partial charge in [-0.05, 0) is 54.3 Å². The van der Waals surface area contributed by atoms with Gasteiger partial charge in [0, 0.05) is 23.9 Å². The molecule has 8 heteroatoms. The number of nitrogens with one attached hydrogen (secondary N) is 1. The zero-order valence-electron chi connectivity index (χ0n) is 21.9. The summed E-state index contributed by atoms with van der Waals surface area (Å²) < 4.78 is 40.2. The van der Waals surface area contributed by atoms with E-state index in [4.69, 9.17) is 9.47 Å². The van der Waals surface area contributed by atoms with Crippen molar-refractivity contribution in [3.63, 3.8) is 0 Å². The Kier molecular flexibility index (Phi) is 7.37. The van der Waals surface area contributed by atoms with E-state index in [-0.39, 0.29) is 17.2 Å². The van der Waals surface area contributed by atoms with Crippen LogP contribution in [0.2, 0.25) is 0 Å². The summed E-state index contributed by atoms with van der Waals surface area (Å²) >= 11 is 0. The van der Waals surface area contributed by atoms with E-state index in [1.165, 1.54) is 19.1 Å². The number of methoxy groups -OCH3 is 2. The lowest BCUT2D eigenvalue weighted by molar-refractivity contribution is -0.134. The smallest absolute Gasteiger partial charge is 0.259 e. The van der Waals surface area contributed by atoms with Crippen molar-refractivity contribution in [2.24, 2.45) is 0 Å². The van der Waals surface area contributed by atoms with Crippen LogP contribution in [0.5, 0.6) is 11.5 Å². The van der Waals surface area contributed by atoms with Gasteiger partial charge in [-0.25, -0.2) is 8.78 Å². The van der Waals surface area contributed by atoms with Gasteiger partial charge in [0.15, 0.2) is 17.0 Å². The van der Waals surface area contributed by atoms with Crippen molar-refractivity contribution in [3.05, 3.63) is 95.1 Å². The first-order valence-electron chi connectivity index (χ1n) is 13.0. The highest BCUT2D eigenvalue weighted by atomic mass is 19.1. The molecule has 1 N–H and O–H groups in total. The molecular weight excluding hydrogens is 502 g/mol. The molecule has 0 aromatic heterocycles. The summed E-state index contributed by atoms with van der Waals surface area (Å²) in [5.74, 6) is -1.90. The van der Waals surface area contributed by atoms with Crippen LogP contribution in [0.4, 0.5) is 14.5 Å². The van der Waals surface area contributed by atoms with Gasteiger partial charge in [0.05, 0.1) is 19.8 Å². The number of carbonyl (C=O) groups is 2. The third-order valence-electron chi connectivity index (χ3n) is 7.44. The Morgan fingerprint density at radius 3 is 2.23 bits per heavy atom. The average molecular weight is 533 g/mol. The number of hydrogen-bond acceptors (Lipinski definition) is 4. The number of nitrogens with zero attached hydrogens (tertiary/aromatic N) is 1. The van der Waals surface area contributed by atoms with E-state index in [0.29, 0.717) is 22.7 Å². The molecule has 1 unspecified atom stereocenters. The number of amides is 2. The largest absolute Gasteiger partial charge is 0.493 e. The van der Waals surface area contributed by atoms with Gasteiger partial charge in [-0.1, -0.05) is 49.6 Å². The van der Waals surface area contributed by atoms with Crippen LogP contribution >= 0.6 is 0 Å². The van der Waals surface area contributed by atoms with Crippen LogP contribution in [-0.2, 0) is 15.1 Å². The van der Waals surface area contributed by atoms with E-state index < -0.39 is 29.0 Å². The summed E-state index contributed by atoms with van der Waals surface area (Å²) in [7, 11) is 2.95. The van der Waals surface area contributed by atoms with E-state index in [9.17, 15) is 18.4 Å². The second-order valence-corrected chi connectivity index (χ2v) is 9.83. The van der Waals surface area contributed by atoms with Gasteiger partial charge in [-0.2, -0.15) is 0 Å². The Bertz CT molecular complexity index is 1400. The Labute approximate surface area is 226 Å². The first-order chi connectivity index (χ1) is 18.9. The molecule has 1 aliphatic carbocycles. The van der Waals surface area contributed by atoms with Crippen LogP contribution in [-0.4, -0.2) is 32.1 Å². The number of β-lactam (4-membered cyclic amide) rings is 1. The monoisotopic (exact) mass is 532 g/mol. The van der Waals surface area contributed by atoms with Crippen molar-refractivity contribution in [2.75, 3.05) is 19.1 Å². The number of rotatable bonds is 7. The molecule has 3 aromatic rings. The van der Waals surface area contributed by atoms with E-state index in [2.05, 4.69) is 5.32 Å². The van der Waals surface area contributed by atoms with E-state index >= 15 is 0 Å². The van der Waals surface area contributed by atoms with Gasteiger partial charge < -0.3 is 14.8 Å². The van der Waals surface area contributed by atoms with Crippen LogP contribution in [0.25, 0.3) is 6.08 Å².